The Labute approximate surface area is 271 Å². The van der Waals surface area contributed by atoms with Crippen molar-refractivity contribution in [3.05, 3.63) is 139 Å². The molecule has 4 heterocycles. The van der Waals surface area contributed by atoms with Gasteiger partial charge in [-0.2, -0.15) is 0 Å². The molecule has 0 saturated heterocycles. The number of ether oxygens (including phenoxy) is 1. The smallest absolute Gasteiger partial charge is 0.145 e. The lowest BCUT2D eigenvalue weighted by molar-refractivity contribution is 0.482. The zero-order chi connectivity index (χ0) is 31.0. The van der Waals surface area contributed by atoms with Crippen LogP contribution in [0.3, 0.4) is 0 Å². The molecule has 222 valence electrons. The number of hydrogen-bond acceptors (Lipinski definition) is 4. The predicted octanol–water partition coefficient (Wildman–Crippen LogP) is 10.3. The maximum Gasteiger partial charge on any atom is 0.145 e. The first-order chi connectivity index (χ1) is 22.5. The molecule has 9 rings (SSSR count). The molecular formula is C40H30N4OS. The summed E-state index contributed by atoms with van der Waals surface area (Å²) >= 11 is 1.85. The van der Waals surface area contributed by atoms with Gasteiger partial charge in [0.25, 0.3) is 0 Å². The first-order valence-electron chi connectivity index (χ1n) is 15.5. The van der Waals surface area contributed by atoms with Gasteiger partial charge >= 0.3 is 0 Å². The van der Waals surface area contributed by atoms with Crippen LogP contribution in [-0.2, 0) is 12.5 Å². The van der Waals surface area contributed by atoms with Crippen molar-refractivity contribution in [2.24, 2.45) is 7.05 Å². The van der Waals surface area contributed by atoms with E-state index in [9.17, 15) is 0 Å². The lowest BCUT2D eigenvalue weighted by atomic mass is 9.76. The van der Waals surface area contributed by atoms with Crippen molar-refractivity contribution in [2.75, 3.05) is 0 Å². The Morgan fingerprint density at radius 3 is 2.41 bits per heavy atom. The second kappa shape index (κ2) is 10.1. The number of aryl methyl sites for hydroxylation is 1. The van der Waals surface area contributed by atoms with Gasteiger partial charge in [0, 0.05) is 56.4 Å². The number of aromatic nitrogens is 4. The normalized spacial score (nSPS) is 13.6. The van der Waals surface area contributed by atoms with Gasteiger partial charge in [-0.1, -0.05) is 80.2 Å². The van der Waals surface area contributed by atoms with Crippen LogP contribution in [0.1, 0.15) is 25.0 Å². The minimum atomic E-state index is -0.201. The zero-order valence-electron chi connectivity index (χ0n) is 25.7. The van der Waals surface area contributed by atoms with Crippen molar-refractivity contribution < 1.29 is 4.74 Å². The molecule has 5 nitrogen and oxygen atoms in total. The van der Waals surface area contributed by atoms with Gasteiger partial charge in [0.05, 0.1) is 22.2 Å². The maximum absolute atomic E-state index is 6.54. The maximum atomic E-state index is 6.54. The average Bonchev–Trinajstić information content (AvgIpc) is 3.59. The summed E-state index contributed by atoms with van der Waals surface area (Å²) < 4.78 is 11.0. The lowest BCUT2D eigenvalue weighted by Gasteiger charge is -2.35. The highest BCUT2D eigenvalue weighted by atomic mass is 32.2. The van der Waals surface area contributed by atoms with Gasteiger partial charge in [-0.25, -0.2) is 9.97 Å². The third-order valence-electron chi connectivity index (χ3n) is 9.25. The van der Waals surface area contributed by atoms with Crippen molar-refractivity contribution in [3.8, 4) is 28.6 Å². The van der Waals surface area contributed by atoms with Crippen LogP contribution < -0.4 is 4.74 Å². The number of fused-ring (bicyclic) bond motifs is 7. The van der Waals surface area contributed by atoms with E-state index >= 15 is 0 Å². The van der Waals surface area contributed by atoms with Crippen LogP contribution in [0.4, 0.5) is 0 Å². The fourth-order valence-corrected chi connectivity index (χ4v) is 8.51. The van der Waals surface area contributed by atoms with E-state index in [0.29, 0.717) is 0 Å². The Hall–Kier alpha value is -5.33. The second-order valence-corrected chi connectivity index (χ2v) is 13.5. The molecule has 0 fully saturated rings. The summed E-state index contributed by atoms with van der Waals surface area (Å²) in [5, 5.41) is 2.35. The van der Waals surface area contributed by atoms with E-state index in [0.717, 1.165) is 50.6 Å². The predicted molar refractivity (Wildman–Crippen MR) is 187 cm³/mol. The first-order valence-corrected chi connectivity index (χ1v) is 16.3. The molecule has 1 aliphatic rings. The Morgan fingerprint density at radius 2 is 1.52 bits per heavy atom. The standard InChI is InChI=1S/C40H30N4OS/c1-40(2)31-16-4-7-19-34(31)46-35-21-20-29-30-15-10-22-41-39(30)44(37(29)36(35)40)26-12-9-14-28(24-26)45-27-13-8-11-25(23-27)38-42-32-17-5-6-18-33(32)43(38)3/h4-24H,1-3H3. The van der Waals surface area contributed by atoms with Crippen LogP contribution in [0.5, 0.6) is 11.5 Å². The zero-order valence-corrected chi connectivity index (χ0v) is 26.5. The van der Waals surface area contributed by atoms with Crippen molar-refractivity contribution >= 4 is 44.7 Å². The number of pyridine rings is 1. The monoisotopic (exact) mass is 614 g/mol. The van der Waals surface area contributed by atoms with Crippen LogP contribution in [0.2, 0.25) is 0 Å². The average molecular weight is 615 g/mol. The lowest BCUT2D eigenvalue weighted by Crippen LogP contribution is -2.24. The van der Waals surface area contributed by atoms with Gasteiger partial charge in [0.1, 0.15) is 23.0 Å². The molecular weight excluding hydrogens is 585 g/mol. The third kappa shape index (κ3) is 4.03. The highest BCUT2D eigenvalue weighted by Gasteiger charge is 2.36. The van der Waals surface area contributed by atoms with E-state index in [4.69, 9.17) is 14.7 Å². The molecule has 6 heteroatoms. The van der Waals surface area contributed by atoms with E-state index in [-0.39, 0.29) is 5.41 Å². The number of nitrogens with zero attached hydrogens (tertiary/aromatic N) is 4. The number of rotatable bonds is 4. The van der Waals surface area contributed by atoms with Crippen LogP contribution in [0, 0.1) is 0 Å². The molecule has 1 aliphatic heterocycles. The highest BCUT2D eigenvalue weighted by Crippen LogP contribution is 2.52. The largest absolute Gasteiger partial charge is 0.457 e. The molecule has 5 aromatic carbocycles. The van der Waals surface area contributed by atoms with E-state index in [2.05, 4.69) is 109 Å². The summed E-state index contributed by atoms with van der Waals surface area (Å²) in [6.07, 6.45) is 1.88. The molecule has 0 saturated carbocycles. The summed E-state index contributed by atoms with van der Waals surface area (Å²) in [6, 6.07) is 42.2. The molecule has 0 bridgehead atoms. The summed E-state index contributed by atoms with van der Waals surface area (Å²) in [4.78, 5) is 12.4. The molecule has 0 unspecified atom stereocenters. The number of hydrogen-bond donors (Lipinski definition) is 0. The van der Waals surface area contributed by atoms with E-state index in [1.165, 1.54) is 31.8 Å². The van der Waals surface area contributed by atoms with Gasteiger partial charge < -0.3 is 9.30 Å². The number of imidazole rings is 1. The summed E-state index contributed by atoms with van der Waals surface area (Å²) in [6.45, 7) is 4.69. The summed E-state index contributed by atoms with van der Waals surface area (Å²) in [5.41, 5.74) is 8.70. The molecule has 0 atom stereocenters. The van der Waals surface area contributed by atoms with E-state index in [1.54, 1.807) is 0 Å². The minimum absolute atomic E-state index is 0.201. The Balaban J connectivity index is 1.18. The topological polar surface area (TPSA) is 44.9 Å². The summed E-state index contributed by atoms with van der Waals surface area (Å²) in [5.74, 6) is 2.42. The minimum Gasteiger partial charge on any atom is -0.457 e. The van der Waals surface area contributed by atoms with Gasteiger partial charge in [0.2, 0.25) is 0 Å². The van der Waals surface area contributed by atoms with E-state index in [1.807, 2.05) is 60.4 Å². The Bertz CT molecular complexity index is 2490. The van der Waals surface area contributed by atoms with Crippen LogP contribution in [0.25, 0.3) is 50.0 Å². The molecule has 3 aromatic heterocycles. The van der Waals surface area contributed by atoms with Crippen molar-refractivity contribution in [1.29, 1.82) is 0 Å². The van der Waals surface area contributed by atoms with Gasteiger partial charge in [-0.05, 0) is 66.2 Å². The quantitative estimate of drug-likeness (QED) is 0.198. The Morgan fingerprint density at radius 1 is 0.717 bits per heavy atom. The third-order valence-corrected chi connectivity index (χ3v) is 10.4. The van der Waals surface area contributed by atoms with Gasteiger partial charge in [0.15, 0.2) is 0 Å². The fourth-order valence-electron chi connectivity index (χ4n) is 7.10. The molecule has 0 N–H and O–H groups in total. The van der Waals surface area contributed by atoms with Crippen LogP contribution in [-0.4, -0.2) is 19.1 Å². The fraction of sp³-hybridized carbons (Fsp3) is 0.100. The van der Waals surface area contributed by atoms with Crippen molar-refractivity contribution in [1.82, 2.24) is 19.1 Å². The highest BCUT2D eigenvalue weighted by molar-refractivity contribution is 7.99. The SMILES string of the molecule is Cn1c(-c2cccc(Oc3cccc(-n4c5ncccc5c5ccc6c(c54)C(C)(C)c4ccccc4S6)c3)c2)nc2ccccc21. The van der Waals surface area contributed by atoms with Crippen LogP contribution in [0.15, 0.2) is 137 Å². The molecule has 8 aromatic rings. The second-order valence-electron chi connectivity index (χ2n) is 12.4. The van der Waals surface area contributed by atoms with Gasteiger partial charge in [-0.3, -0.25) is 4.57 Å². The molecule has 46 heavy (non-hydrogen) atoms. The van der Waals surface area contributed by atoms with Crippen molar-refractivity contribution in [3.63, 3.8) is 0 Å². The van der Waals surface area contributed by atoms with E-state index < -0.39 is 0 Å². The first kappa shape index (κ1) is 27.0. The van der Waals surface area contributed by atoms with Gasteiger partial charge in [-0.15, -0.1) is 0 Å². The Kier molecular flexibility index (Phi) is 5.93. The number of benzene rings is 5. The molecule has 0 radical (unpaired) electrons. The molecule has 0 aliphatic carbocycles. The van der Waals surface area contributed by atoms with Crippen molar-refractivity contribution in [2.45, 2.75) is 29.1 Å². The summed E-state index contributed by atoms with van der Waals surface area (Å²) in [7, 11) is 2.05. The van der Waals surface area contributed by atoms with Crippen LogP contribution >= 0.6 is 11.8 Å². The molecule has 0 spiro atoms. The molecule has 0 amide bonds. The number of para-hydroxylation sites is 2.